The number of nitrogens with two attached hydrogens (primary N) is 1. The van der Waals surface area contributed by atoms with Crippen molar-refractivity contribution in [1.82, 2.24) is 9.88 Å². The molecule has 0 saturated carbocycles. The lowest BCUT2D eigenvalue weighted by Crippen LogP contribution is -2.46. The van der Waals surface area contributed by atoms with E-state index >= 15 is 8.78 Å². The summed E-state index contributed by atoms with van der Waals surface area (Å²) in [5, 5.41) is 1.95. The van der Waals surface area contributed by atoms with Gasteiger partial charge in [-0.1, -0.05) is 0 Å². The first-order valence-electron chi connectivity index (χ1n) is 9.97. The third-order valence-electron chi connectivity index (χ3n) is 5.88. The van der Waals surface area contributed by atoms with Gasteiger partial charge in [0.1, 0.15) is 18.0 Å². The van der Waals surface area contributed by atoms with Crippen molar-refractivity contribution in [2.24, 2.45) is 5.73 Å². The summed E-state index contributed by atoms with van der Waals surface area (Å²) in [7, 11) is 0. The SMILES string of the molecule is C[C@H]1COc2c(N3CCC(F)(CNC(=O)C(F)(F)F)C3)c(F)cc3c(CN)cc(=O)n1c23. The molecule has 3 N–H and O–H groups in total. The summed E-state index contributed by atoms with van der Waals surface area (Å²) in [6, 6.07) is 2.22. The summed E-state index contributed by atoms with van der Waals surface area (Å²) in [5.41, 5.74) is 3.90. The van der Waals surface area contributed by atoms with Crippen molar-refractivity contribution >= 4 is 22.5 Å². The lowest BCUT2D eigenvalue weighted by molar-refractivity contribution is -0.174. The molecule has 1 aromatic heterocycles. The first-order valence-corrected chi connectivity index (χ1v) is 9.97. The average molecular weight is 460 g/mol. The van der Waals surface area contributed by atoms with E-state index in [0.29, 0.717) is 16.5 Å². The molecule has 2 aliphatic rings. The molecule has 2 aliphatic heterocycles. The lowest BCUT2D eigenvalue weighted by atomic mass is 10.0. The van der Waals surface area contributed by atoms with Crippen LogP contribution < -0.4 is 26.2 Å². The third-order valence-corrected chi connectivity index (χ3v) is 5.88. The van der Waals surface area contributed by atoms with Gasteiger partial charge in [-0.3, -0.25) is 14.2 Å². The molecule has 0 bridgehead atoms. The van der Waals surface area contributed by atoms with Gasteiger partial charge in [-0.05, 0) is 18.6 Å². The second-order valence-corrected chi connectivity index (χ2v) is 8.18. The minimum Gasteiger partial charge on any atom is -0.487 e. The molecule has 1 fully saturated rings. The van der Waals surface area contributed by atoms with Crippen LogP contribution in [0, 0.1) is 5.82 Å². The van der Waals surface area contributed by atoms with E-state index in [0.717, 1.165) is 0 Å². The smallest absolute Gasteiger partial charge is 0.471 e. The van der Waals surface area contributed by atoms with Crippen LogP contribution in [0.15, 0.2) is 16.9 Å². The minimum absolute atomic E-state index is 0.00457. The van der Waals surface area contributed by atoms with Gasteiger partial charge in [-0.25, -0.2) is 8.78 Å². The van der Waals surface area contributed by atoms with Crippen LogP contribution in [-0.4, -0.2) is 48.6 Å². The van der Waals surface area contributed by atoms with Crippen molar-refractivity contribution in [3.05, 3.63) is 33.9 Å². The standard InChI is InChI=1S/C20H21F5N4O3/c1-10-7-32-17-15-12(11(6-26)4-14(30)29(10)15)5-13(21)16(17)28-3-2-19(22,9-28)8-27-18(31)20(23,24)25/h4-5,10H,2-3,6-9,26H2,1H3,(H,27,31)/t10-,19?/m0/s1. The number of anilines is 1. The number of carbonyl (C=O) groups excluding carboxylic acids is 1. The van der Waals surface area contributed by atoms with E-state index in [9.17, 15) is 22.8 Å². The zero-order chi connectivity index (χ0) is 23.4. The summed E-state index contributed by atoms with van der Waals surface area (Å²) < 4.78 is 74.9. The molecule has 2 aromatic rings. The van der Waals surface area contributed by atoms with Gasteiger partial charge in [0.25, 0.3) is 5.56 Å². The molecule has 0 radical (unpaired) electrons. The number of aromatic nitrogens is 1. The van der Waals surface area contributed by atoms with E-state index in [4.69, 9.17) is 10.5 Å². The number of halogens is 5. The Kier molecular flexibility index (Phi) is 5.30. The second-order valence-electron chi connectivity index (χ2n) is 8.18. The summed E-state index contributed by atoms with van der Waals surface area (Å²) >= 11 is 0. The molecule has 1 saturated heterocycles. The van der Waals surface area contributed by atoms with Crippen molar-refractivity contribution in [3.8, 4) is 5.75 Å². The minimum atomic E-state index is -5.13. The van der Waals surface area contributed by atoms with Crippen LogP contribution in [0.4, 0.5) is 27.6 Å². The fourth-order valence-corrected chi connectivity index (χ4v) is 4.32. The highest BCUT2D eigenvalue weighted by atomic mass is 19.4. The quantitative estimate of drug-likeness (QED) is 0.683. The maximum Gasteiger partial charge on any atom is 0.471 e. The van der Waals surface area contributed by atoms with Crippen LogP contribution in [0.5, 0.6) is 5.75 Å². The van der Waals surface area contributed by atoms with Gasteiger partial charge in [0.15, 0.2) is 11.6 Å². The molecule has 4 rings (SSSR count). The van der Waals surface area contributed by atoms with Crippen LogP contribution in [0.2, 0.25) is 0 Å². The highest BCUT2D eigenvalue weighted by Crippen LogP contribution is 2.44. The average Bonchev–Trinajstić information content (AvgIpc) is 3.10. The molecule has 2 atom stereocenters. The topological polar surface area (TPSA) is 89.6 Å². The fourth-order valence-electron chi connectivity index (χ4n) is 4.32. The molecule has 12 heteroatoms. The van der Waals surface area contributed by atoms with Crippen molar-refractivity contribution in [3.63, 3.8) is 0 Å². The molecule has 0 aliphatic carbocycles. The van der Waals surface area contributed by atoms with Crippen LogP contribution in [0.25, 0.3) is 10.9 Å². The Hall–Kier alpha value is -2.89. The number of carbonyl (C=O) groups is 1. The Morgan fingerprint density at radius 2 is 2.09 bits per heavy atom. The van der Waals surface area contributed by atoms with Gasteiger partial charge in [0.05, 0.1) is 24.6 Å². The number of rotatable bonds is 4. The zero-order valence-corrected chi connectivity index (χ0v) is 17.1. The van der Waals surface area contributed by atoms with Gasteiger partial charge < -0.3 is 20.7 Å². The Morgan fingerprint density at radius 3 is 2.75 bits per heavy atom. The van der Waals surface area contributed by atoms with Crippen LogP contribution >= 0.6 is 0 Å². The Bertz CT molecular complexity index is 1150. The van der Waals surface area contributed by atoms with E-state index in [1.807, 2.05) is 0 Å². The van der Waals surface area contributed by atoms with Crippen molar-refractivity contribution in [1.29, 1.82) is 0 Å². The normalized spacial score (nSPS) is 22.8. The molecule has 1 amide bonds. The fraction of sp³-hybridized carbons (Fsp3) is 0.500. The van der Waals surface area contributed by atoms with Gasteiger partial charge in [0.2, 0.25) is 0 Å². The van der Waals surface area contributed by atoms with E-state index in [1.165, 1.54) is 21.6 Å². The molecule has 174 valence electrons. The number of nitrogens with zero attached hydrogens (tertiary/aromatic N) is 2. The number of amides is 1. The van der Waals surface area contributed by atoms with Crippen LogP contribution in [-0.2, 0) is 11.3 Å². The lowest BCUT2D eigenvalue weighted by Gasteiger charge is -2.31. The third kappa shape index (κ3) is 3.65. The molecule has 1 unspecified atom stereocenters. The van der Waals surface area contributed by atoms with Gasteiger partial charge >= 0.3 is 12.1 Å². The highest BCUT2D eigenvalue weighted by Gasteiger charge is 2.44. The maximum absolute atomic E-state index is 15.2. The molecule has 0 spiro atoms. The number of hydrogen-bond acceptors (Lipinski definition) is 5. The number of benzene rings is 1. The predicted molar refractivity (Wildman–Crippen MR) is 106 cm³/mol. The molecular weight excluding hydrogens is 439 g/mol. The summed E-state index contributed by atoms with van der Waals surface area (Å²) in [6.07, 6.45) is -5.35. The number of hydrogen-bond donors (Lipinski definition) is 2. The summed E-state index contributed by atoms with van der Waals surface area (Å²) in [6.45, 7) is 0.493. The van der Waals surface area contributed by atoms with E-state index in [1.54, 1.807) is 12.2 Å². The molecule has 3 heterocycles. The van der Waals surface area contributed by atoms with Gasteiger partial charge in [0, 0.05) is 31.0 Å². The number of ether oxygens (including phenoxy) is 1. The molecule has 32 heavy (non-hydrogen) atoms. The number of alkyl halides is 4. The van der Waals surface area contributed by atoms with E-state index < -0.39 is 36.7 Å². The van der Waals surface area contributed by atoms with Gasteiger partial charge in [-0.15, -0.1) is 0 Å². The number of pyridine rings is 1. The molecular formula is C20H21F5N4O3. The zero-order valence-electron chi connectivity index (χ0n) is 17.1. The highest BCUT2D eigenvalue weighted by molar-refractivity contribution is 5.94. The van der Waals surface area contributed by atoms with E-state index in [-0.39, 0.29) is 49.2 Å². The second kappa shape index (κ2) is 7.61. The van der Waals surface area contributed by atoms with Crippen molar-refractivity contribution < 1.29 is 31.5 Å². The Morgan fingerprint density at radius 1 is 1.38 bits per heavy atom. The first-order chi connectivity index (χ1) is 14.9. The molecule has 7 nitrogen and oxygen atoms in total. The largest absolute Gasteiger partial charge is 0.487 e. The Labute approximate surface area is 178 Å². The number of nitrogens with one attached hydrogen (secondary N) is 1. The van der Waals surface area contributed by atoms with Crippen LogP contribution in [0.1, 0.15) is 24.9 Å². The van der Waals surface area contributed by atoms with Gasteiger partial charge in [-0.2, -0.15) is 13.2 Å². The van der Waals surface area contributed by atoms with E-state index in [2.05, 4.69) is 0 Å². The maximum atomic E-state index is 15.2. The monoisotopic (exact) mass is 460 g/mol. The summed E-state index contributed by atoms with van der Waals surface area (Å²) in [4.78, 5) is 25.0. The predicted octanol–water partition coefficient (Wildman–Crippen LogP) is 2.15. The van der Waals surface area contributed by atoms with Crippen LogP contribution in [0.3, 0.4) is 0 Å². The summed E-state index contributed by atoms with van der Waals surface area (Å²) in [5.74, 6) is -2.91. The molecule has 1 aromatic carbocycles. The first kappa shape index (κ1) is 22.3. The van der Waals surface area contributed by atoms with Crippen molar-refractivity contribution in [2.45, 2.75) is 37.8 Å². The van der Waals surface area contributed by atoms with Crippen molar-refractivity contribution in [2.75, 3.05) is 31.1 Å². The Balaban J connectivity index is 1.73.